The van der Waals surface area contributed by atoms with E-state index >= 15 is 0 Å². The van der Waals surface area contributed by atoms with Gasteiger partial charge in [-0.25, -0.2) is 0 Å². The SMILES string of the molecule is Cc1cc(C(C)(C)C)ccc1N(c1cc2c3c(c1)-n1c4c(cc(C(C)(C)C)cc4c4sc5ccccc5c41)B3c1cccc3c1N2C1(C)CCCCC31C)c1ccc(C(C)(C)C)cc1C. The van der Waals surface area contributed by atoms with Crippen LogP contribution >= 0.6 is 11.3 Å². The van der Waals surface area contributed by atoms with Crippen LogP contribution in [0.2, 0.25) is 0 Å². The normalized spacial score (nSPS) is 19.9. The molecule has 3 nitrogen and oxygen atoms in total. The molecule has 5 heteroatoms. The molecule has 2 atom stereocenters. The lowest BCUT2D eigenvalue weighted by Gasteiger charge is -2.52. The number of thiophene rings is 1. The fourth-order valence-electron chi connectivity index (χ4n) is 13.0. The predicted octanol–water partition coefficient (Wildman–Crippen LogP) is 14.9. The molecule has 3 aliphatic heterocycles. The van der Waals surface area contributed by atoms with Gasteiger partial charge in [0.15, 0.2) is 0 Å². The minimum Gasteiger partial charge on any atom is -0.335 e. The second-order valence-electron chi connectivity index (χ2n) is 23.9. The fourth-order valence-corrected chi connectivity index (χ4v) is 14.2. The lowest BCUT2D eigenvalue weighted by molar-refractivity contribution is 0.195. The van der Waals surface area contributed by atoms with Gasteiger partial charge in [0.2, 0.25) is 0 Å². The predicted molar refractivity (Wildman–Crippen MR) is 284 cm³/mol. The first kappa shape index (κ1) is 41.2. The van der Waals surface area contributed by atoms with Crippen LogP contribution in [0.1, 0.15) is 135 Å². The lowest BCUT2D eigenvalue weighted by atomic mass is 9.33. The largest absolute Gasteiger partial charge is 0.335 e. The summed E-state index contributed by atoms with van der Waals surface area (Å²) in [6.07, 6.45) is 4.90. The number of rotatable bonds is 3. The molecule has 6 aromatic carbocycles. The molecule has 1 fully saturated rings. The van der Waals surface area contributed by atoms with Gasteiger partial charge in [0.1, 0.15) is 0 Å². The molecule has 0 radical (unpaired) electrons. The Morgan fingerprint density at radius 1 is 0.600 bits per heavy atom. The van der Waals surface area contributed by atoms with Gasteiger partial charge in [-0.2, -0.15) is 0 Å². The number of aromatic nitrogens is 1. The molecule has 1 aliphatic carbocycles. The third kappa shape index (κ3) is 5.48. The Hall–Kier alpha value is -5.26. The maximum absolute atomic E-state index is 2.90. The number of fused-ring (bicyclic) bond motifs is 12. The van der Waals surface area contributed by atoms with Gasteiger partial charge < -0.3 is 14.4 Å². The summed E-state index contributed by atoms with van der Waals surface area (Å²) in [5, 5.41) is 2.73. The number of hydrogen-bond donors (Lipinski definition) is 0. The number of para-hydroxylation sites is 1. The van der Waals surface area contributed by atoms with Crippen molar-refractivity contribution in [1.29, 1.82) is 0 Å². The van der Waals surface area contributed by atoms with Crippen molar-refractivity contribution >= 4 is 94.1 Å². The zero-order valence-corrected chi connectivity index (χ0v) is 41.8. The van der Waals surface area contributed by atoms with Crippen LogP contribution in [-0.4, -0.2) is 16.8 Å². The molecule has 0 amide bonds. The molecular formula is C60H64BN3S. The van der Waals surface area contributed by atoms with Crippen LogP contribution in [0, 0.1) is 13.8 Å². The van der Waals surface area contributed by atoms with Crippen LogP contribution in [0.5, 0.6) is 0 Å². The average molecular weight is 870 g/mol. The third-order valence-corrected chi connectivity index (χ3v) is 18.0. The first-order valence-corrected chi connectivity index (χ1v) is 25.2. The highest BCUT2D eigenvalue weighted by Crippen LogP contribution is 2.62. The van der Waals surface area contributed by atoms with Gasteiger partial charge in [0.05, 0.1) is 27.0 Å². The van der Waals surface area contributed by atoms with Crippen molar-refractivity contribution in [1.82, 2.24) is 4.57 Å². The van der Waals surface area contributed by atoms with E-state index < -0.39 is 0 Å². The third-order valence-electron chi connectivity index (χ3n) is 16.8. The summed E-state index contributed by atoms with van der Waals surface area (Å²) < 4.78 is 5.49. The topological polar surface area (TPSA) is 11.4 Å². The molecule has 12 rings (SSSR count). The monoisotopic (exact) mass is 869 g/mol. The van der Waals surface area contributed by atoms with Crippen molar-refractivity contribution in [2.45, 2.75) is 143 Å². The second kappa shape index (κ2) is 13.2. The van der Waals surface area contributed by atoms with Crippen LogP contribution in [0.15, 0.2) is 103 Å². The summed E-state index contributed by atoms with van der Waals surface area (Å²) in [6.45, 7) is 31.1. The molecule has 0 spiro atoms. The van der Waals surface area contributed by atoms with E-state index in [2.05, 4.69) is 208 Å². The smallest absolute Gasteiger partial charge is 0.252 e. The summed E-state index contributed by atoms with van der Waals surface area (Å²) >= 11 is 1.97. The van der Waals surface area contributed by atoms with Gasteiger partial charge in [0.25, 0.3) is 6.71 Å². The van der Waals surface area contributed by atoms with Crippen molar-refractivity contribution in [3.8, 4) is 5.69 Å². The zero-order valence-electron chi connectivity index (χ0n) is 41.0. The number of hydrogen-bond acceptors (Lipinski definition) is 3. The molecule has 65 heavy (non-hydrogen) atoms. The molecular weight excluding hydrogens is 806 g/mol. The second-order valence-corrected chi connectivity index (χ2v) is 24.9. The van der Waals surface area contributed by atoms with Crippen molar-refractivity contribution in [2.75, 3.05) is 9.80 Å². The van der Waals surface area contributed by atoms with Crippen molar-refractivity contribution in [3.05, 3.63) is 137 Å². The first-order chi connectivity index (χ1) is 30.7. The number of anilines is 5. The van der Waals surface area contributed by atoms with Gasteiger partial charge in [0, 0.05) is 49.3 Å². The van der Waals surface area contributed by atoms with E-state index in [1.807, 2.05) is 11.3 Å². The Morgan fingerprint density at radius 3 is 1.88 bits per heavy atom. The molecule has 4 aliphatic rings. The van der Waals surface area contributed by atoms with Gasteiger partial charge in [-0.15, -0.1) is 11.3 Å². The summed E-state index contributed by atoms with van der Waals surface area (Å²) in [4.78, 5) is 5.53. The molecule has 1 saturated carbocycles. The van der Waals surface area contributed by atoms with E-state index in [-0.39, 0.29) is 33.9 Å². The quantitative estimate of drug-likeness (QED) is 0.164. The molecule has 0 N–H and O–H groups in total. The fraction of sp³-hybridized carbons (Fsp3) is 0.367. The molecule has 2 aromatic heterocycles. The van der Waals surface area contributed by atoms with E-state index in [0.717, 1.165) is 0 Å². The van der Waals surface area contributed by atoms with Crippen LogP contribution < -0.4 is 26.2 Å². The highest BCUT2D eigenvalue weighted by Gasteiger charge is 2.61. The lowest BCUT2D eigenvalue weighted by Crippen LogP contribution is -2.64. The molecule has 5 heterocycles. The molecule has 0 bridgehead atoms. The van der Waals surface area contributed by atoms with E-state index in [9.17, 15) is 0 Å². The highest BCUT2D eigenvalue weighted by molar-refractivity contribution is 7.26. The number of benzene rings is 6. The Labute approximate surface area is 391 Å². The number of nitrogens with zero attached hydrogens (tertiary/aromatic N) is 3. The minimum absolute atomic E-state index is 0.0146. The molecule has 8 aromatic rings. The van der Waals surface area contributed by atoms with Crippen LogP contribution in [0.3, 0.4) is 0 Å². The summed E-state index contributed by atoms with van der Waals surface area (Å²) in [5.74, 6) is 0. The summed E-state index contributed by atoms with van der Waals surface area (Å²) in [6, 6.07) is 41.4. The van der Waals surface area contributed by atoms with E-state index in [4.69, 9.17) is 0 Å². The highest BCUT2D eigenvalue weighted by atomic mass is 32.1. The molecule has 0 saturated heterocycles. The Morgan fingerprint density at radius 2 is 1.23 bits per heavy atom. The first-order valence-electron chi connectivity index (χ1n) is 24.4. The molecule has 2 unspecified atom stereocenters. The maximum Gasteiger partial charge on any atom is 0.252 e. The molecule has 328 valence electrons. The zero-order chi connectivity index (χ0) is 45.5. The van der Waals surface area contributed by atoms with Crippen molar-refractivity contribution in [3.63, 3.8) is 0 Å². The standard InChI is InChI=1S/C60H64BN3S/c1-35-29-37(56(3,4)5)23-25-46(35)62(47-26-24-38(30-36(47)2)57(6,7)8)40-33-48-51-49(34-40)64-54-43(59(12)27-16-17-28-60(59,64)13)20-18-21-44(54)61(51)45-32-39(58(9,10)11)31-42-52(45)63(48)53-41-19-14-15-22-50(41)65-55(42)53/h14-15,18-26,29-34H,16-17,27-28H2,1-13H3. The Bertz CT molecular complexity index is 3300. The van der Waals surface area contributed by atoms with Gasteiger partial charge >= 0.3 is 0 Å². The van der Waals surface area contributed by atoms with Crippen LogP contribution in [-0.2, 0) is 21.7 Å². The van der Waals surface area contributed by atoms with Gasteiger partial charge in [-0.05, 0) is 136 Å². The van der Waals surface area contributed by atoms with Crippen molar-refractivity contribution in [2.24, 2.45) is 0 Å². The average Bonchev–Trinajstić information content (AvgIpc) is 3.85. The van der Waals surface area contributed by atoms with E-state index in [1.54, 1.807) is 5.56 Å². The Kier molecular flexibility index (Phi) is 8.38. The van der Waals surface area contributed by atoms with Gasteiger partial charge in [-0.1, -0.05) is 149 Å². The number of aryl methyl sites for hydroxylation is 2. The van der Waals surface area contributed by atoms with Gasteiger partial charge in [-0.3, -0.25) is 0 Å². The summed E-state index contributed by atoms with van der Waals surface area (Å²) in [7, 11) is 0. The van der Waals surface area contributed by atoms with Crippen molar-refractivity contribution < 1.29 is 0 Å². The minimum atomic E-state index is -0.0790. The van der Waals surface area contributed by atoms with E-state index in [0.29, 0.717) is 0 Å². The van der Waals surface area contributed by atoms with Crippen LogP contribution in [0.25, 0.3) is 36.9 Å². The van der Waals surface area contributed by atoms with E-state index in [1.165, 1.54) is 135 Å². The van der Waals surface area contributed by atoms with Crippen LogP contribution in [0.4, 0.5) is 28.4 Å². The summed E-state index contributed by atoms with van der Waals surface area (Å²) in [5.41, 5.74) is 23.3. The Balaban J connectivity index is 1.26. The maximum atomic E-state index is 2.90.